The third-order valence-corrected chi connectivity index (χ3v) is 4.24. The highest BCUT2D eigenvalue weighted by Gasteiger charge is 2.15. The average molecular weight is 284 g/mol. The van der Waals surface area contributed by atoms with Gasteiger partial charge in [0.1, 0.15) is 4.90 Å². The van der Waals surface area contributed by atoms with Crippen LogP contribution >= 0.6 is 0 Å². The maximum absolute atomic E-state index is 11.4. The zero-order valence-corrected chi connectivity index (χ0v) is 11.7. The Labute approximate surface area is 114 Å². The van der Waals surface area contributed by atoms with Crippen LogP contribution in [0.5, 0.6) is 0 Å². The van der Waals surface area contributed by atoms with Crippen molar-refractivity contribution in [3.63, 3.8) is 0 Å². The van der Waals surface area contributed by atoms with E-state index >= 15 is 0 Å². The maximum atomic E-state index is 11.4. The molecule has 19 heavy (non-hydrogen) atoms. The Morgan fingerprint density at radius 2 is 1.95 bits per heavy atom. The summed E-state index contributed by atoms with van der Waals surface area (Å²) in [5, 5.41) is 8.22. The minimum absolute atomic E-state index is 0.121. The lowest BCUT2D eigenvalue weighted by Gasteiger charge is -2.13. The van der Waals surface area contributed by atoms with Gasteiger partial charge in [0.05, 0.1) is 18.4 Å². The lowest BCUT2D eigenvalue weighted by molar-refractivity contribution is 0.0659. The van der Waals surface area contributed by atoms with Crippen molar-refractivity contribution >= 4 is 15.7 Å². The Kier molecular flexibility index (Phi) is 4.79. The molecule has 1 aromatic rings. The number of hydrogen-bond donors (Lipinski definition) is 2. The van der Waals surface area contributed by atoms with Gasteiger partial charge in [-0.15, -0.1) is 0 Å². The summed E-state index contributed by atoms with van der Waals surface area (Å²) in [5.74, 6) is 0. The van der Waals surface area contributed by atoms with Gasteiger partial charge in [-0.3, -0.25) is 0 Å². The number of nitrogens with two attached hydrogens (primary N) is 1. The molecule has 1 aliphatic carbocycles. The molecule has 0 aromatic heterocycles. The second kappa shape index (κ2) is 6.36. The number of rotatable bonds is 6. The van der Waals surface area contributed by atoms with E-state index in [1.165, 1.54) is 18.9 Å². The summed E-state index contributed by atoms with van der Waals surface area (Å²) in [7, 11) is -3.69. The summed E-state index contributed by atoms with van der Waals surface area (Å²) in [4.78, 5) is 0.121. The summed E-state index contributed by atoms with van der Waals surface area (Å²) < 4.78 is 28.5. The van der Waals surface area contributed by atoms with Gasteiger partial charge in [-0.25, -0.2) is 13.6 Å². The van der Waals surface area contributed by atoms with Crippen molar-refractivity contribution in [2.45, 2.75) is 36.7 Å². The fourth-order valence-electron chi connectivity index (χ4n) is 2.33. The topological polar surface area (TPSA) is 81.4 Å². The second-order valence-corrected chi connectivity index (χ2v) is 6.28. The van der Waals surface area contributed by atoms with Crippen molar-refractivity contribution in [2.75, 3.05) is 18.5 Å². The van der Waals surface area contributed by atoms with Crippen molar-refractivity contribution < 1.29 is 13.2 Å². The molecule has 6 heteroatoms. The molecule has 2 rings (SSSR count). The first-order chi connectivity index (χ1) is 9.07. The number of sulfonamides is 1. The van der Waals surface area contributed by atoms with Crippen LogP contribution in [0.2, 0.25) is 0 Å². The van der Waals surface area contributed by atoms with E-state index < -0.39 is 10.0 Å². The van der Waals surface area contributed by atoms with Gasteiger partial charge in [0.15, 0.2) is 0 Å². The molecule has 1 aliphatic rings. The quantitative estimate of drug-likeness (QED) is 0.779. The molecular weight excluding hydrogens is 264 g/mol. The van der Waals surface area contributed by atoms with Crippen molar-refractivity contribution in [3.05, 3.63) is 24.3 Å². The van der Waals surface area contributed by atoms with Crippen LogP contribution in [0.4, 0.5) is 5.69 Å². The van der Waals surface area contributed by atoms with Crippen LogP contribution in [0, 0.1) is 0 Å². The summed E-state index contributed by atoms with van der Waals surface area (Å²) in [6.45, 7) is 1.15. The standard InChI is InChI=1S/C13H20N2O3S/c14-19(16,17)13-8-4-3-7-12(13)15-9-10-18-11-5-1-2-6-11/h3-4,7-8,11,15H,1-2,5-6,9-10H2,(H2,14,16,17). The second-order valence-electron chi connectivity index (χ2n) is 4.75. The lowest BCUT2D eigenvalue weighted by atomic mass is 10.3. The largest absolute Gasteiger partial charge is 0.382 e. The Morgan fingerprint density at radius 1 is 1.26 bits per heavy atom. The Balaban J connectivity index is 1.85. The van der Waals surface area contributed by atoms with Crippen molar-refractivity contribution in [2.24, 2.45) is 5.14 Å². The molecule has 3 N–H and O–H groups in total. The zero-order chi connectivity index (χ0) is 13.7. The molecule has 0 amide bonds. The minimum Gasteiger partial charge on any atom is -0.382 e. The minimum atomic E-state index is -3.69. The fourth-order valence-corrected chi connectivity index (χ4v) is 3.04. The maximum Gasteiger partial charge on any atom is 0.240 e. The highest BCUT2D eigenvalue weighted by Crippen LogP contribution is 2.21. The molecule has 106 valence electrons. The van der Waals surface area contributed by atoms with Gasteiger partial charge < -0.3 is 10.1 Å². The third-order valence-electron chi connectivity index (χ3n) is 3.27. The predicted octanol–water partition coefficient (Wildman–Crippen LogP) is 1.71. The molecule has 0 atom stereocenters. The highest BCUT2D eigenvalue weighted by molar-refractivity contribution is 7.89. The summed E-state index contributed by atoms with van der Waals surface area (Å²) in [6.07, 6.45) is 5.12. The van der Waals surface area contributed by atoms with Gasteiger partial charge >= 0.3 is 0 Å². The van der Waals surface area contributed by atoms with Gasteiger partial charge in [-0.05, 0) is 25.0 Å². The normalized spacial score (nSPS) is 16.7. The van der Waals surface area contributed by atoms with Gasteiger partial charge in [-0.2, -0.15) is 0 Å². The van der Waals surface area contributed by atoms with Crippen LogP contribution in [0.3, 0.4) is 0 Å². The Bertz CT molecular complexity index is 510. The van der Waals surface area contributed by atoms with Crippen molar-refractivity contribution in [1.82, 2.24) is 0 Å². The molecular formula is C13H20N2O3S. The predicted molar refractivity (Wildman–Crippen MR) is 74.5 cm³/mol. The first kappa shape index (κ1) is 14.3. The van der Waals surface area contributed by atoms with E-state index in [9.17, 15) is 8.42 Å². The SMILES string of the molecule is NS(=O)(=O)c1ccccc1NCCOC1CCCC1. The number of ether oxygens (including phenoxy) is 1. The van der Waals surface area contributed by atoms with Crippen LogP contribution in [-0.2, 0) is 14.8 Å². The van der Waals surface area contributed by atoms with Crippen molar-refractivity contribution in [3.8, 4) is 0 Å². The molecule has 0 unspecified atom stereocenters. The van der Waals surface area contributed by atoms with E-state index in [2.05, 4.69) is 5.32 Å². The Hall–Kier alpha value is -1.11. The number of nitrogens with one attached hydrogen (secondary N) is 1. The summed E-state index contributed by atoms with van der Waals surface area (Å²) in [5.41, 5.74) is 0.528. The lowest BCUT2D eigenvalue weighted by Crippen LogP contribution is -2.18. The number of hydrogen-bond acceptors (Lipinski definition) is 4. The molecule has 0 saturated heterocycles. The molecule has 0 radical (unpaired) electrons. The van der Waals surface area contributed by atoms with E-state index in [0.29, 0.717) is 24.9 Å². The first-order valence-electron chi connectivity index (χ1n) is 6.54. The molecule has 0 bridgehead atoms. The van der Waals surface area contributed by atoms with Crippen LogP contribution < -0.4 is 10.5 Å². The number of primary sulfonamides is 1. The van der Waals surface area contributed by atoms with Gasteiger partial charge in [0.25, 0.3) is 0 Å². The molecule has 0 heterocycles. The van der Waals surface area contributed by atoms with E-state index in [4.69, 9.17) is 9.88 Å². The van der Waals surface area contributed by atoms with Gasteiger partial charge in [0.2, 0.25) is 10.0 Å². The first-order valence-corrected chi connectivity index (χ1v) is 8.09. The zero-order valence-electron chi connectivity index (χ0n) is 10.8. The third kappa shape index (κ3) is 4.19. The Morgan fingerprint density at radius 3 is 2.63 bits per heavy atom. The highest BCUT2D eigenvalue weighted by atomic mass is 32.2. The van der Waals surface area contributed by atoms with E-state index in [1.54, 1.807) is 18.2 Å². The number of benzene rings is 1. The van der Waals surface area contributed by atoms with E-state index in [-0.39, 0.29) is 4.90 Å². The molecule has 1 fully saturated rings. The number of anilines is 1. The number of para-hydroxylation sites is 1. The molecule has 1 saturated carbocycles. The van der Waals surface area contributed by atoms with Crippen LogP contribution in [-0.4, -0.2) is 27.7 Å². The fraction of sp³-hybridized carbons (Fsp3) is 0.538. The van der Waals surface area contributed by atoms with Crippen LogP contribution in [0.25, 0.3) is 0 Å². The molecule has 0 aliphatic heterocycles. The van der Waals surface area contributed by atoms with Gasteiger partial charge in [-0.1, -0.05) is 25.0 Å². The molecule has 0 spiro atoms. The smallest absolute Gasteiger partial charge is 0.240 e. The van der Waals surface area contributed by atoms with Crippen molar-refractivity contribution in [1.29, 1.82) is 0 Å². The molecule has 5 nitrogen and oxygen atoms in total. The monoisotopic (exact) mass is 284 g/mol. The average Bonchev–Trinajstić information content (AvgIpc) is 2.87. The van der Waals surface area contributed by atoms with Crippen LogP contribution in [0.1, 0.15) is 25.7 Å². The van der Waals surface area contributed by atoms with Crippen LogP contribution in [0.15, 0.2) is 29.2 Å². The van der Waals surface area contributed by atoms with E-state index in [0.717, 1.165) is 12.8 Å². The molecule has 1 aromatic carbocycles. The summed E-state index contributed by atoms with van der Waals surface area (Å²) in [6, 6.07) is 6.62. The van der Waals surface area contributed by atoms with E-state index in [1.807, 2.05) is 0 Å². The van der Waals surface area contributed by atoms with Gasteiger partial charge in [0, 0.05) is 6.54 Å². The summed E-state index contributed by atoms with van der Waals surface area (Å²) >= 11 is 0.